The molecular weight excluding hydrogens is 333 g/mol. The number of thiophene rings is 1. The predicted octanol–water partition coefficient (Wildman–Crippen LogP) is 3.28. The molecule has 8 heteroatoms. The van der Waals surface area contributed by atoms with E-state index in [2.05, 4.69) is 10.2 Å². The second kappa shape index (κ2) is 7.69. The largest absolute Gasteiger partial charge is 0.379 e. The average Bonchev–Trinajstić information content (AvgIpc) is 3.10. The molecule has 24 heavy (non-hydrogen) atoms. The molecule has 0 bridgehead atoms. The number of anilines is 1. The van der Waals surface area contributed by atoms with Crippen molar-refractivity contribution >= 4 is 22.7 Å². The third kappa shape index (κ3) is 3.89. The molecule has 1 aromatic carbocycles. The van der Waals surface area contributed by atoms with Gasteiger partial charge in [-0.15, -0.1) is 11.3 Å². The van der Waals surface area contributed by atoms with Crippen molar-refractivity contribution in [3.63, 3.8) is 0 Å². The average molecular weight is 351 g/mol. The van der Waals surface area contributed by atoms with E-state index in [1.165, 1.54) is 17.0 Å². The zero-order chi connectivity index (χ0) is 16.9. The highest BCUT2D eigenvalue weighted by atomic mass is 32.1. The summed E-state index contributed by atoms with van der Waals surface area (Å²) >= 11 is 1.64. The fraction of sp³-hybridized carbons (Fsp3) is 0.375. The van der Waals surface area contributed by atoms with Gasteiger partial charge in [-0.1, -0.05) is 6.07 Å². The summed E-state index contributed by atoms with van der Waals surface area (Å²) < 4.78 is 18.9. The summed E-state index contributed by atoms with van der Waals surface area (Å²) in [5.41, 5.74) is 0.0816. The maximum absolute atomic E-state index is 13.5. The third-order valence-electron chi connectivity index (χ3n) is 4.00. The Bertz CT molecular complexity index is 690. The van der Waals surface area contributed by atoms with Gasteiger partial charge >= 0.3 is 0 Å². The standard InChI is InChI=1S/C16H18FN3O3S/c17-12-3-4-14(20(21)22)13(10-12)18-11-15(16-2-1-9-24-16)19-5-7-23-8-6-19/h1-4,9-10,15,18H,5-8,11H2. The monoisotopic (exact) mass is 351 g/mol. The lowest BCUT2D eigenvalue weighted by Gasteiger charge is -2.34. The summed E-state index contributed by atoms with van der Waals surface area (Å²) in [6, 6.07) is 7.55. The van der Waals surface area contributed by atoms with Gasteiger partial charge in [0.05, 0.1) is 24.2 Å². The molecule has 1 fully saturated rings. The Morgan fingerprint density at radius 1 is 1.38 bits per heavy atom. The molecule has 1 N–H and O–H groups in total. The minimum Gasteiger partial charge on any atom is -0.379 e. The summed E-state index contributed by atoms with van der Waals surface area (Å²) in [6.07, 6.45) is 0. The van der Waals surface area contributed by atoms with Crippen LogP contribution in [-0.4, -0.2) is 42.7 Å². The second-order valence-corrected chi connectivity index (χ2v) is 6.46. The lowest BCUT2D eigenvalue weighted by atomic mass is 10.1. The van der Waals surface area contributed by atoms with Gasteiger partial charge in [0.25, 0.3) is 5.69 Å². The highest BCUT2D eigenvalue weighted by molar-refractivity contribution is 7.10. The molecular formula is C16H18FN3O3S. The number of rotatable bonds is 6. The molecule has 0 spiro atoms. The Kier molecular flexibility index (Phi) is 5.39. The second-order valence-electron chi connectivity index (χ2n) is 5.48. The molecule has 2 heterocycles. The van der Waals surface area contributed by atoms with Gasteiger partial charge < -0.3 is 10.1 Å². The van der Waals surface area contributed by atoms with Gasteiger partial charge in [-0.05, 0) is 17.5 Å². The minimum atomic E-state index is -0.503. The summed E-state index contributed by atoms with van der Waals surface area (Å²) in [5.74, 6) is -0.498. The van der Waals surface area contributed by atoms with E-state index >= 15 is 0 Å². The van der Waals surface area contributed by atoms with E-state index in [9.17, 15) is 14.5 Å². The minimum absolute atomic E-state index is 0.0665. The van der Waals surface area contributed by atoms with Crippen molar-refractivity contribution in [2.45, 2.75) is 6.04 Å². The van der Waals surface area contributed by atoms with Crippen molar-refractivity contribution in [3.05, 3.63) is 56.5 Å². The first-order valence-electron chi connectivity index (χ1n) is 7.68. The number of hydrogen-bond acceptors (Lipinski definition) is 6. The molecule has 3 rings (SSSR count). The Balaban J connectivity index is 1.79. The van der Waals surface area contributed by atoms with Crippen LogP contribution in [0.4, 0.5) is 15.8 Å². The molecule has 1 atom stereocenters. The van der Waals surface area contributed by atoms with Crippen LogP contribution in [0.1, 0.15) is 10.9 Å². The predicted molar refractivity (Wildman–Crippen MR) is 91.0 cm³/mol. The number of morpholine rings is 1. The lowest BCUT2D eigenvalue weighted by molar-refractivity contribution is -0.384. The first-order chi connectivity index (χ1) is 11.6. The number of nitrogens with one attached hydrogen (secondary N) is 1. The Morgan fingerprint density at radius 3 is 2.83 bits per heavy atom. The topological polar surface area (TPSA) is 67.6 Å². The maximum atomic E-state index is 13.5. The van der Waals surface area contributed by atoms with Gasteiger partial charge in [0, 0.05) is 36.6 Å². The van der Waals surface area contributed by atoms with Crippen LogP contribution in [0.25, 0.3) is 0 Å². The van der Waals surface area contributed by atoms with Crippen molar-refractivity contribution in [3.8, 4) is 0 Å². The number of nitrogens with zero attached hydrogens (tertiary/aromatic N) is 2. The van der Waals surface area contributed by atoms with Crippen molar-refractivity contribution in [1.82, 2.24) is 4.90 Å². The fourth-order valence-corrected chi connectivity index (χ4v) is 3.66. The van der Waals surface area contributed by atoms with Crippen molar-refractivity contribution in [2.75, 3.05) is 38.2 Å². The molecule has 6 nitrogen and oxygen atoms in total. The number of nitro groups is 1. The zero-order valence-electron chi connectivity index (χ0n) is 13.0. The molecule has 0 aliphatic carbocycles. The molecule has 1 saturated heterocycles. The van der Waals surface area contributed by atoms with E-state index in [-0.39, 0.29) is 17.4 Å². The van der Waals surface area contributed by atoms with E-state index in [1.807, 2.05) is 17.5 Å². The third-order valence-corrected chi connectivity index (χ3v) is 4.97. The molecule has 0 amide bonds. The lowest BCUT2D eigenvalue weighted by Crippen LogP contribution is -2.41. The van der Waals surface area contributed by atoms with Crippen LogP contribution >= 0.6 is 11.3 Å². The van der Waals surface area contributed by atoms with E-state index in [1.54, 1.807) is 11.3 Å². The normalized spacial score (nSPS) is 16.7. The van der Waals surface area contributed by atoms with Crippen molar-refractivity contribution in [1.29, 1.82) is 0 Å². The van der Waals surface area contributed by atoms with Gasteiger partial charge in [0.1, 0.15) is 11.5 Å². The van der Waals surface area contributed by atoms with Gasteiger partial charge in [-0.25, -0.2) is 4.39 Å². The Morgan fingerprint density at radius 2 is 2.17 bits per heavy atom. The molecule has 0 saturated carbocycles. The van der Waals surface area contributed by atoms with Crippen LogP contribution in [0.15, 0.2) is 35.7 Å². The zero-order valence-corrected chi connectivity index (χ0v) is 13.8. The van der Waals surface area contributed by atoms with Crippen LogP contribution in [-0.2, 0) is 4.74 Å². The molecule has 1 aliphatic rings. The SMILES string of the molecule is O=[N+]([O-])c1ccc(F)cc1NCC(c1cccs1)N1CCOCC1. The van der Waals surface area contributed by atoms with Gasteiger partial charge in [0.15, 0.2) is 0 Å². The van der Waals surface area contributed by atoms with Crippen molar-refractivity contribution < 1.29 is 14.1 Å². The number of ether oxygens (including phenoxy) is 1. The molecule has 0 radical (unpaired) electrons. The Hall–Kier alpha value is -2.03. The van der Waals surface area contributed by atoms with E-state index in [4.69, 9.17) is 4.74 Å². The summed E-state index contributed by atoms with van der Waals surface area (Å²) in [4.78, 5) is 14.1. The number of halogens is 1. The van der Waals surface area contributed by atoms with Gasteiger partial charge in [0.2, 0.25) is 0 Å². The summed E-state index contributed by atoms with van der Waals surface area (Å²) in [7, 11) is 0. The van der Waals surface area contributed by atoms with E-state index < -0.39 is 10.7 Å². The van der Waals surface area contributed by atoms with Gasteiger partial charge in [-0.3, -0.25) is 15.0 Å². The number of hydrogen-bond donors (Lipinski definition) is 1. The van der Waals surface area contributed by atoms with Gasteiger partial charge in [-0.2, -0.15) is 0 Å². The smallest absolute Gasteiger partial charge is 0.292 e. The number of benzene rings is 1. The summed E-state index contributed by atoms with van der Waals surface area (Å²) in [6.45, 7) is 3.40. The number of nitro benzene ring substituents is 1. The molecule has 1 aromatic heterocycles. The van der Waals surface area contributed by atoms with Crippen LogP contribution in [0.2, 0.25) is 0 Å². The van der Waals surface area contributed by atoms with E-state index in [0.29, 0.717) is 19.8 Å². The maximum Gasteiger partial charge on any atom is 0.292 e. The molecule has 2 aromatic rings. The van der Waals surface area contributed by atoms with Crippen molar-refractivity contribution in [2.24, 2.45) is 0 Å². The highest BCUT2D eigenvalue weighted by Crippen LogP contribution is 2.29. The highest BCUT2D eigenvalue weighted by Gasteiger charge is 2.24. The fourth-order valence-electron chi connectivity index (χ4n) is 2.80. The molecule has 128 valence electrons. The first-order valence-corrected chi connectivity index (χ1v) is 8.56. The van der Waals surface area contributed by atoms with Crippen LogP contribution in [0.3, 0.4) is 0 Å². The molecule has 1 aliphatic heterocycles. The Labute approximate surface area is 143 Å². The first kappa shape index (κ1) is 16.8. The molecule has 1 unspecified atom stereocenters. The van der Waals surface area contributed by atoms with Crippen LogP contribution in [0, 0.1) is 15.9 Å². The van der Waals surface area contributed by atoms with E-state index in [0.717, 1.165) is 19.2 Å². The van der Waals surface area contributed by atoms with Crippen LogP contribution in [0.5, 0.6) is 0 Å². The quantitative estimate of drug-likeness (QED) is 0.639. The summed E-state index contributed by atoms with van der Waals surface area (Å²) in [5, 5.41) is 16.2. The van der Waals surface area contributed by atoms with Crippen LogP contribution < -0.4 is 5.32 Å².